The molecule has 0 N–H and O–H groups in total. The molecule has 260 valence electrons. The van der Waals surface area contributed by atoms with Crippen LogP contribution in [-0.2, 0) is 0 Å². The van der Waals surface area contributed by atoms with Crippen LogP contribution in [0.15, 0.2) is 191 Å². The van der Waals surface area contributed by atoms with Crippen molar-refractivity contribution in [2.45, 2.75) is 0 Å². The van der Waals surface area contributed by atoms with Crippen LogP contribution in [0.1, 0.15) is 0 Å². The molecule has 4 heterocycles. The molecule has 12 rings (SSSR count). The predicted molar refractivity (Wildman–Crippen MR) is 231 cm³/mol. The second kappa shape index (κ2) is 12.0. The van der Waals surface area contributed by atoms with Crippen LogP contribution >= 0.6 is 0 Å². The molecular weight excluding hydrogens is 685 g/mol. The van der Waals surface area contributed by atoms with Gasteiger partial charge < -0.3 is 8.83 Å². The molecule has 0 spiro atoms. The fourth-order valence-corrected chi connectivity index (χ4v) is 8.89. The number of fused-ring (bicyclic) bond motifs is 12. The number of nitrogens with zero attached hydrogens (tertiary/aromatic N) is 2. The summed E-state index contributed by atoms with van der Waals surface area (Å²) in [5.41, 5.74) is 12.0. The standard InChI is InChI=1S/C52H30N2O2/c1-2-12-40-39(11-1)41-23-21-31(35-13-3-17-43-45-19-5-15-37(51(45)55-49(35)43)33-9-7-25-53-29-33)27-47(41)48-28-32(22-24-42(40)48)36-14-4-18-44-46-20-6-16-38(52(46)56-50(36)44)34-10-8-26-54-30-34/h1-30H. The molecule has 0 radical (unpaired) electrons. The van der Waals surface area contributed by atoms with E-state index in [2.05, 4.69) is 156 Å². The zero-order valence-corrected chi connectivity index (χ0v) is 30.0. The molecule has 8 aromatic carbocycles. The first-order valence-electron chi connectivity index (χ1n) is 18.9. The number of benzene rings is 8. The maximum absolute atomic E-state index is 6.83. The van der Waals surface area contributed by atoms with E-state index in [0.717, 1.165) is 88.4 Å². The number of para-hydroxylation sites is 4. The molecule has 4 nitrogen and oxygen atoms in total. The van der Waals surface area contributed by atoms with Crippen molar-refractivity contribution in [3.05, 3.63) is 183 Å². The summed E-state index contributed by atoms with van der Waals surface area (Å²) in [4.78, 5) is 8.76. The Kier molecular flexibility index (Phi) is 6.60. The quantitative estimate of drug-likeness (QED) is 0.170. The average molecular weight is 715 g/mol. The average Bonchev–Trinajstić information content (AvgIpc) is 3.86. The third kappa shape index (κ3) is 4.53. The van der Waals surface area contributed by atoms with E-state index in [0.29, 0.717) is 0 Å². The minimum atomic E-state index is 0.872. The number of rotatable bonds is 4. The lowest BCUT2D eigenvalue weighted by atomic mass is 9.90. The Labute approximate surface area is 320 Å². The van der Waals surface area contributed by atoms with E-state index < -0.39 is 0 Å². The molecule has 4 aromatic heterocycles. The molecule has 0 bridgehead atoms. The largest absolute Gasteiger partial charge is 0.455 e. The van der Waals surface area contributed by atoms with Gasteiger partial charge in [0.1, 0.15) is 22.3 Å². The Morgan fingerprint density at radius 3 is 1.00 bits per heavy atom. The van der Waals surface area contributed by atoms with Crippen LogP contribution < -0.4 is 0 Å². The molecule has 0 amide bonds. The van der Waals surface area contributed by atoms with Gasteiger partial charge in [-0.3, -0.25) is 9.97 Å². The highest BCUT2D eigenvalue weighted by Gasteiger charge is 2.19. The first-order valence-corrected chi connectivity index (χ1v) is 18.9. The van der Waals surface area contributed by atoms with E-state index >= 15 is 0 Å². The molecule has 0 atom stereocenters. The molecule has 0 fully saturated rings. The predicted octanol–water partition coefficient (Wildman–Crippen LogP) is 14.4. The van der Waals surface area contributed by atoms with Gasteiger partial charge in [0.15, 0.2) is 0 Å². The fourth-order valence-electron chi connectivity index (χ4n) is 8.89. The third-order valence-electron chi connectivity index (χ3n) is 11.5. The van der Waals surface area contributed by atoms with Crippen LogP contribution in [0, 0.1) is 0 Å². The topological polar surface area (TPSA) is 52.1 Å². The first-order chi connectivity index (χ1) is 27.8. The van der Waals surface area contributed by atoms with E-state index in [-0.39, 0.29) is 0 Å². The van der Waals surface area contributed by atoms with Gasteiger partial charge in [0.25, 0.3) is 0 Å². The summed E-state index contributed by atoms with van der Waals surface area (Å²) in [7, 11) is 0. The Morgan fingerprint density at radius 2 is 0.625 bits per heavy atom. The SMILES string of the molecule is c1cncc(-c2cccc3c2oc2c(-c4ccc5c6ccccc6c6ccc(-c7cccc8c7oc7c(-c9cccnc9)cccc78)cc6c5c4)cccc23)c1. The van der Waals surface area contributed by atoms with Crippen molar-refractivity contribution in [1.82, 2.24) is 9.97 Å². The van der Waals surface area contributed by atoms with Crippen LogP contribution in [0.3, 0.4) is 0 Å². The second-order valence-electron chi connectivity index (χ2n) is 14.5. The number of furan rings is 2. The van der Waals surface area contributed by atoms with Crippen molar-refractivity contribution in [1.29, 1.82) is 0 Å². The summed E-state index contributed by atoms with van der Waals surface area (Å²) in [5.74, 6) is 0. The summed E-state index contributed by atoms with van der Waals surface area (Å²) >= 11 is 0. The van der Waals surface area contributed by atoms with Gasteiger partial charge in [0.2, 0.25) is 0 Å². The Balaban J connectivity index is 1.09. The molecular formula is C52H30N2O2. The second-order valence-corrected chi connectivity index (χ2v) is 14.5. The Hall–Kier alpha value is -7.56. The summed E-state index contributed by atoms with van der Waals surface area (Å²) in [6, 6.07) is 56.2. The van der Waals surface area contributed by atoms with Crippen LogP contribution in [0.25, 0.3) is 121 Å². The number of aromatic nitrogens is 2. The van der Waals surface area contributed by atoms with Crippen molar-refractivity contribution >= 4 is 76.2 Å². The number of hydrogen-bond acceptors (Lipinski definition) is 4. The van der Waals surface area contributed by atoms with Crippen molar-refractivity contribution in [3.63, 3.8) is 0 Å². The van der Waals surface area contributed by atoms with Crippen molar-refractivity contribution in [2.75, 3.05) is 0 Å². The first kappa shape index (κ1) is 30.9. The van der Waals surface area contributed by atoms with Crippen molar-refractivity contribution in [3.8, 4) is 44.5 Å². The summed E-state index contributed by atoms with van der Waals surface area (Å²) < 4.78 is 13.7. The maximum Gasteiger partial charge on any atom is 0.143 e. The number of pyridine rings is 2. The molecule has 56 heavy (non-hydrogen) atoms. The highest BCUT2D eigenvalue weighted by Crippen LogP contribution is 2.44. The van der Waals surface area contributed by atoms with Gasteiger partial charge in [0.05, 0.1) is 0 Å². The van der Waals surface area contributed by atoms with Crippen LogP contribution in [-0.4, -0.2) is 9.97 Å². The van der Waals surface area contributed by atoms with Crippen LogP contribution in [0.4, 0.5) is 0 Å². The van der Waals surface area contributed by atoms with Gasteiger partial charge >= 0.3 is 0 Å². The van der Waals surface area contributed by atoms with E-state index in [1.54, 1.807) is 12.4 Å². The van der Waals surface area contributed by atoms with E-state index in [9.17, 15) is 0 Å². The zero-order chi connectivity index (χ0) is 36.7. The fraction of sp³-hybridized carbons (Fsp3) is 0. The summed E-state index contributed by atoms with van der Waals surface area (Å²) in [5, 5.41) is 11.7. The van der Waals surface area contributed by atoms with Crippen molar-refractivity contribution < 1.29 is 8.83 Å². The highest BCUT2D eigenvalue weighted by molar-refractivity contribution is 6.27. The molecule has 12 aromatic rings. The number of hydrogen-bond donors (Lipinski definition) is 0. The lowest BCUT2D eigenvalue weighted by molar-refractivity contribution is 0.670. The van der Waals surface area contributed by atoms with Crippen molar-refractivity contribution in [2.24, 2.45) is 0 Å². The third-order valence-corrected chi connectivity index (χ3v) is 11.5. The van der Waals surface area contributed by atoms with Gasteiger partial charge in [-0.1, -0.05) is 133 Å². The monoisotopic (exact) mass is 714 g/mol. The van der Waals surface area contributed by atoms with E-state index in [1.807, 2.05) is 24.5 Å². The van der Waals surface area contributed by atoms with Gasteiger partial charge in [0, 0.05) is 79.7 Å². The van der Waals surface area contributed by atoms with Crippen LogP contribution in [0.5, 0.6) is 0 Å². The highest BCUT2D eigenvalue weighted by atomic mass is 16.3. The van der Waals surface area contributed by atoms with Gasteiger partial charge in [-0.2, -0.15) is 0 Å². The van der Waals surface area contributed by atoms with E-state index in [1.165, 1.54) is 32.3 Å². The molecule has 4 heteroatoms. The molecule has 0 saturated carbocycles. The summed E-state index contributed by atoms with van der Waals surface area (Å²) in [6.07, 6.45) is 7.39. The molecule has 0 aliphatic carbocycles. The molecule has 0 saturated heterocycles. The van der Waals surface area contributed by atoms with Gasteiger partial charge in [-0.05, 0) is 67.7 Å². The smallest absolute Gasteiger partial charge is 0.143 e. The zero-order valence-electron chi connectivity index (χ0n) is 30.0. The van der Waals surface area contributed by atoms with Crippen LogP contribution in [0.2, 0.25) is 0 Å². The summed E-state index contributed by atoms with van der Waals surface area (Å²) in [6.45, 7) is 0. The Bertz CT molecular complexity index is 3290. The minimum absolute atomic E-state index is 0.872. The molecule has 0 aliphatic heterocycles. The van der Waals surface area contributed by atoms with Gasteiger partial charge in [-0.25, -0.2) is 0 Å². The molecule has 0 aliphatic rings. The Morgan fingerprint density at radius 1 is 0.268 bits per heavy atom. The normalized spacial score (nSPS) is 11.9. The molecule has 0 unspecified atom stereocenters. The van der Waals surface area contributed by atoms with Gasteiger partial charge in [-0.15, -0.1) is 0 Å². The van der Waals surface area contributed by atoms with E-state index in [4.69, 9.17) is 8.83 Å². The minimum Gasteiger partial charge on any atom is -0.455 e. The maximum atomic E-state index is 6.83. The lowest BCUT2D eigenvalue weighted by Gasteiger charge is -2.14. The lowest BCUT2D eigenvalue weighted by Crippen LogP contribution is -1.87.